The van der Waals surface area contributed by atoms with E-state index >= 15 is 0 Å². The minimum Gasteiger partial charge on any atom is -0.373 e. The second-order valence-electron chi connectivity index (χ2n) is 3.71. The average Bonchev–Trinajstić information content (AvgIpc) is 2.92. The van der Waals surface area contributed by atoms with Gasteiger partial charge in [0.05, 0.1) is 5.02 Å². The van der Waals surface area contributed by atoms with Gasteiger partial charge < -0.3 is 10.6 Å². The number of hydrogen-bond donors (Lipinski definition) is 3. The number of hydrogen-bond acceptors (Lipinski definition) is 5. The number of anilines is 1. The second kappa shape index (κ2) is 6.14. The van der Waals surface area contributed by atoms with Gasteiger partial charge in [-0.2, -0.15) is 5.10 Å². The first kappa shape index (κ1) is 13.3. The Kier molecular flexibility index (Phi) is 4.30. The zero-order valence-electron chi connectivity index (χ0n) is 10.3. The summed E-state index contributed by atoms with van der Waals surface area (Å²) in [5, 5.41) is 12.3. The first-order valence-electron chi connectivity index (χ1n) is 5.67. The summed E-state index contributed by atoms with van der Waals surface area (Å²) in [5.41, 5.74) is 0.200. The molecule has 100 valence electrons. The maximum absolute atomic E-state index is 11.9. The van der Waals surface area contributed by atoms with E-state index in [1.807, 2.05) is 0 Å². The first-order chi connectivity index (χ1) is 9.20. The van der Waals surface area contributed by atoms with E-state index in [0.717, 1.165) is 0 Å². The SMILES string of the molecule is CNc1ccc(Cl)c(C(=O)NCCc2ncn[nH]2)n1. The van der Waals surface area contributed by atoms with Crippen molar-refractivity contribution in [2.45, 2.75) is 6.42 Å². The Bertz CT molecular complexity index is 556. The van der Waals surface area contributed by atoms with Crippen molar-refractivity contribution in [3.05, 3.63) is 35.0 Å². The lowest BCUT2D eigenvalue weighted by atomic mass is 10.3. The Labute approximate surface area is 114 Å². The maximum atomic E-state index is 11.9. The van der Waals surface area contributed by atoms with Crippen LogP contribution in [0, 0.1) is 0 Å². The molecule has 3 N–H and O–H groups in total. The van der Waals surface area contributed by atoms with Crippen LogP contribution in [0.15, 0.2) is 18.5 Å². The lowest BCUT2D eigenvalue weighted by Crippen LogP contribution is -2.27. The van der Waals surface area contributed by atoms with Crippen LogP contribution in [0.25, 0.3) is 0 Å². The Hall–Kier alpha value is -2.15. The predicted octanol–water partition coefficient (Wildman–Crippen LogP) is 0.867. The molecule has 2 aromatic heterocycles. The van der Waals surface area contributed by atoms with Crippen LogP contribution >= 0.6 is 11.6 Å². The molecular formula is C11H13ClN6O. The van der Waals surface area contributed by atoms with Gasteiger partial charge in [-0.25, -0.2) is 9.97 Å². The Morgan fingerprint density at radius 1 is 1.47 bits per heavy atom. The van der Waals surface area contributed by atoms with E-state index in [1.165, 1.54) is 6.33 Å². The Balaban J connectivity index is 1.95. The molecule has 1 amide bonds. The number of H-pyrrole nitrogens is 1. The molecule has 0 atom stereocenters. The molecule has 0 fully saturated rings. The third-order valence-corrected chi connectivity index (χ3v) is 2.73. The Morgan fingerprint density at radius 3 is 3.00 bits per heavy atom. The van der Waals surface area contributed by atoms with E-state index in [9.17, 15) is 4.79 Å². The summed E-state index contributed by atoms with van der Waals surface area (Å²) < 4.78 is 0. The number of carbonyl (C=O) groups excluding carboxylic acids is 1. The summed E-state index contributed by atoms with van der Waals surface area (Å²) in [6, 6.07) is 3.33. The van der Waals surface area contributed by atoms with Gasteiger partial charge in [0.15, 0.2) is 0 Å². The van der Waals surface area contributed by atoms with E-state index in [0.29, 0.717) is 29.6 Å². The smallest absolute Gasteiger partial charge is 0.271 e. The first-order valence-corrected chi connectivity index (χ1v) is 6.05. The maximum Gasteiger partial charge on any atom is 0.271 e. The highest BCUT2D eigenvalue weighted by Gasteiger charge is 2.12. The molecule has 0 radical (unpaired) electrons. The molecule has 0 aromatic carbocycles. The van der Waals surface area contributed by atoms with E-state index in [1.54, 1.807) is 19.2 Å². The number of rotatable bonds is 5. The zero-order valence-corrected chi connectivity index (χ0v) is 11.0. The van der Waals surface area contributed by atoms with Crippen LogP contribution in [0.3, 0.4) is 0 Å². The molecule has 8 heteroatoms. The molecule has 0 spiro atoms. The molecule has 0 bridgehead atoms. The van der Waals surface area contributed by atoms with Crippen LogP contribution in [0.2, 0.25) is 5.02 Å². The van der Waals surface area contributed by atoms with E-state index in [2.05, 4.69) is 30.8 Å². The summed E-state index contributed by atoms with van der Waals surface area (Å²) in [7, 11) is 1.72. The van der Waals surface area contributed by atoms with Crippen molar-refractivity contribution in [1.82, 2.24) is 25.5 Å². The highest BCUT2D eigenvalue weighted by Crippen LogP contribution is 2.16. The van der Waals surface area contributed by atoms with Crippen molar-refractivity contribution >= 4 is 23.3 Å². The van der Waals surface area contributed by atoms with Crippen LogP contribution in [-0.4, -0.2) is 39.7 Å². The molecule has 0 aliphatic rings. The number of nitrogens with one attached hydrogen (secondary N) is 3. The van der Waals surface area contributed by atoms with Crippen molar-refractivity contribution in [2.24, 2.45) is 0 Å². The van der Waals surface area contributed by atoms with Gasteiger partial charge in [-0.3, -0.25) is 9.89 Å². The fourth-order valence-electron chi connectivity index (χ4n) is 1.47. The molecule has 0 aliphatic carbocycles. The third kappa shape index (κ3) is 3.41. The molecule has 2 heterocycles. The molecule has 0 saturated carbocycles. The van der Waals surface area contributed by atoms with E-state index in [4.69, 9.17) is 11.6 Å². The Morgan fingerprint density at radius 2 is 2.32 bits per heavy atom. The van der Waals surface area contributed by atoms with Crippen molar-refractivity contribution in [2.75, 3.05) is 18.9 Å². The number of aromatic nitrogens is 4. The predicted molar refractivity (Wildman–Crippen MR) is 71.2 cm³/mol. The van der Waals surface area contributed by atoms with Gasteiger partial charge in [-0.05, 0) is 12.1 Å². The number of pyridine rings is 1. The quantitative estimate of drug-likeness (QED) is 0.755. The van der Waals surface area contributed by atoms with Crippen molar-refractivity contribution in [1.29, 1.82) is 0 Å². The summed E-state index contributed by atoms with van der Waals surface area (Å²) in [6.45, 7) is 0.426. The van der Waals surface area contributed by atoms with Crippen LogP contribution in [0.5, 0.6) is 0 Å². The topological polar surface area (TPSA) is 95.6 Å². The molecule has 7 nitrogen and oxygen atoms in total. The standard InChI is InChI=1S/C11H13ClN6O/c1-13-8-3-2-7(12)10(17-8)11(19)14-5-4-9-15-6-16-18-9/h2-3,6H,4-5H2,1H3,(H,13,17)(H,14,19)(H,15,16,18). The summed E-state index contributed by atoms with van der Waals surface area (Å²) in [4.78, 5) is 20.0. The third-order valence-electron chi connectivity index (χ3n) is 2.43. The van der Waals surface area contributed by atoms with Gasteiger partial charge in [-0.15, -0.1) is 0 Å². The van der Waals surface area contributed by atoms with Crippen molar-refractivity contribution in [3.63, 3.8) is 0 Å². The molecule has 2 rings (SSSR count). The summed E-state index contributed by atoms with van der Waals surface area (Å²) >= 11 is 5.95. The lowest BCUT2D eigenvalue weighted by molar-refractivity contribution is 0.0949. The number of halogens is 1. The minimum absolute atomic E-state index is 0.200. The van der Waals surface area contributed by atoms with Gasteiger partial charge in [0.2, 0.25) is 0 Å². The molecule has 19 heavy (non-hydrogen) atoms. The molecular weight excluding hydrogens is 268 g/mol. The number of aromatic amines is 1. The number of carbonyl (C=O) groups is 1. The normalized spacial score (nSPS) is 10.2. The van der Waals surface area contributed by atoms with Crippen LogP contribution in [0.4, 0.5) is 5.82 Å². The fraction of sp³-hybridized carbons (Fsp3) is 0.273. The summed E-state index contributed by atoms with van der Waals surface area (Å²) in [6.07, 6.45) is 1.99. The van der Waals surface area contributed by atoms with Crippen molar-refractivity contribution in [3.8, 4) is 0 Å². The van der Waals surface area contributed by atoms with E-state index in [-0.39, 0.29) is 11.6 Å². The van der Waals surface area contributed by atoms with Gasteiger partial charge in [0.25, 0.3) is 5.91 Å². The van der Waals surface area contributed by atoms with Crippen LogP contribution in [0.1, 0.15) is 16.3 Å². The van der Waals surface area contributed by atoms with Crippen LogP contribution in [-0.2, 0) is 6.42 Å². The average molecular weight is 281 g/mol. The number of amides is 1. The van der Waals surface area contributed by atoms with Crippen molar-refractivity contribution < 1.29 is 4.79 Å². The van der Waals surface area contributed by atoms with Gasteiger partial charge in [0.1, 0.15) is 23.7 Å². The minimum atomic E-state index is -0.318. The highest BCUT2D eigenvalue weighted by molar-refractivity contribution is 6.33. The van der Waals surface area contributed by atoms with E-state index < -0.39 is 0 Å². The monoisotopic (exact) mass is 280 g/mol. The molecule has 0 saturated heterocycles. The molecule has 0 unspecified atom stereocenters. The lowest BCUT2D eigenvalue weighted by Gasteiger charge is -2.07. The summed E-state index contributed by atoms with van der Waals surface area (Å²) in [5.74, 6) is 0.981. The highest BCUT2D eigenvalue weighted by atomic mass is 35.5. The van der Waals surface area contributed by atoms with Gasteiger partial charge in [0, 0.05) is 20.0 Å². The second-order valence-corrected chi connectivity index (χ2v) is 4.12. The van der Waals surface area contributed by atoms with Gasteiger partial charge >= 0.3 is 0 Å². The fourth-order valence-corrected chi connectivity index (χ4v) is 1.66. The number of nitrogens with zero attached hydrogens (tertiary/aromatic N) is 3. The largest absolute Gasteiger partial charge is 0.373 e. The van der Waals surface area contributed by atoms with Gasteiger partial charge in [-0.1, -0.05) is 11.6 Å². The molecule has 2 aromatic rings. The zero-order chi connectivity index (χ0) is 13.7. The molecule has 0 aliphatic heterocycles. The van der Waals surface area contributed by atoms with Crippen LogP contribution < -0.4 is 10.6 Å².